The molecule has 1 aromatic rings. The van der Waals surface area contributed by atoms with Gasteiger partial charge in [-0.3, -0.25) is 4.79 Å². The van der Waals surface area contributed by atoms with Crippen molar-refractivity contribution in [1.82, 2.24) is 5.32 Å². The van der Waals surface area contributed by atoms with E-state index in [1.165, 1.54) is 0 Å². The molecule has 0 bridgehead atoms. The Morgan fingerprint density at radius 2 is 2.37 bits per heavy atom. The van der Waals surface area contributed by atoms with Crippen LogP contribution in [0.25, 0.3) is 0 Å². The summed E-state index contributed by atoms with van der Waals surface area (Å²) in [6, 6.07) is 7.14. The number of carbonyl (C=O) groups excluding carboxylic acids is 1. The average molecular weight is 327 g/mol. The second kappa shape index (κ2) is 7.77. The second-order valence-electron chi connectivity index (χ2n) is 3.90. The van der Waals surface area contributed by atoms with E-state index in [9.17, 15) is 9.90 Å². The Balaban J connectivity index is 2.58. The number of benzene rings is 1. The van der Waals surface area contributed by atoms with Gasteiger partial charge in [-0.1, -0.05) is 15.9 Å². The molecule has 0 aliphatic carbocycles. The summed E-state index contributed by atoms with van der Waals surface area (Å²) >= 11 is 3.31. The highest BCUT2D eigenvalue weighted by molar-refractivity contribution is 9.10. The molecule has 19 heavy (non-hydrogen) atoms. The van der Waals surface area contributed by atoms with Crippen LogP contribution in [0.5, 0.6) is 5.75 Å². The van der Waals surface area contributed by atoms with Gasteiger partial charge in [0.25, 0.3) is 5.91 Å². The van der Waals surface area contributed by atoms with Crippen molar-refractivity contribution in [1.29, 1.82) is 5.26 Å². The zero-order chi connectivity index (χ0) is 14.3. The lowest BCUT2D eigenvalue weighted by atomic mass is 10.1. The Morgan fingerprint density at radius 3 is 3.00 bits per heavy atom. The van der Waals surface area contributed by atoms with Gasteiger partial charge in [0.15, 0.2) is 6.61 Å². The minimum absolute atomic E-state index is 0.146. The van der Waals surface area contributed by atoms with Gasteiger partial charge in [-0.25, -0.2) is 0 Å². The molecule has 0 radical (unpaired) electrons. The molecule has 2 N–H and O–H groups in total. The van der Waals surface area contributed by atoms with Crippen LogP contribution < -0.4 is 10.1 Å². The fraction of sp³-hybridized carbons (Fsp3) is 0.385. The molecule has 0 aliphatic rings. The van der Waals surface area contributed by atoms with Gasteiger partial charge in [0.05, 0.1) is 18.6 Å². The van der Waals surface area contributed by atoms with E-state index >= 15 is 0 Å². The number of rotatable bonds is 6. The molecule has 0 fully saturated rings. The van der Waals surface area contributed by atoms with Crippen molar-refractivity contribution in [2.45, 2.75) is 19.4 Å². The highest BCUT2D eigenvalue weighted by atomic mass is 79.9. The molecule has 0 aliphatic heterocycles. The molecule has 102 valence electrons. The molecular formula is C13H15BrN2O3. The minimum atomic E-state index is -0.686. The van der Waals surface area contributed by atoms with Crippen LogP contribution in [0, 0.1) is 11.3 Å². The molecule has 0 spiro atoms. The predicted molar refractivity (Wildman–Crippen MR) is 73.5 cm³/mol. The van der Waals surface area contributed by atoms with Gasteiger partial charge in [0.2, 0.25) is 0 Å². The Hall–Kier alpha value is -1.58. The number of nitriles is 1. The predicted octanol–water partition coefficient (Wildman–Crippen LogP) is 1.91. The number of hydrogen-bond acceptors (Lipinski definition) is 4. The summed E-state index contributed by atoms with van der Waals surface area (Å²) in [4.78, 5) is 11.4. The van der Waals surface area contributed by atoms with E-state index in [1.807, 2.05) is 6.07 Å². The highest BCUT2D eigenvalue weighted by Gasteiger charge is 2.11. The number of aliphatic hydroxyl groups is 1. The number of halogens is 1. The van der Waals surface area contributed by atoms with Crippen molar-refractivity contribution >= 4 is 21.8 Å². The summed E-state index contributed by atoms with van der Waals surface area (Å²) in [5.74, 6) is 0.170. The van der Waals surface area contributed by atoms with Crippen molar-refractivity contribution in [3.63, 3.8) is 0 Å². The molecule has 0 saturated heterocycles. The Kier molecular flexibility index (Phi) is 6.33. The maximum atomic E-state index is 11.4. The third-order valence-electron chi connectivity index (χ3n) is 2.34. The molecule has 5 nitrogen and oxygen atoms in total. The molecule has 1 aromatic carbocycles. The Labute approximate surface area is 120 Å². The van der Waals surface area contributed by atoms with E-state index in [0.29, 0.717) is 17.9 Å². The third-order valence-corrected chi connectivity index (χ3v) is 2.83. The van der Waals surface area contributed by atoms with E-state index in [-0.39, 0.29) is 18.9 Å². The number of carbonyl (C=O) groups is 1. The van der Waals surface area contributed by atoms with E-state index in [2.05, 4.69) is 21.2 Å². The number of nitrogens with zero attached hydrogens (tertiary/aromatic N) is 1. The summed E-state index contributed by atoms with van der Waals surface area (Å²) in [7, 11) is 0. The Morgan fingerprint density at radius 1 is 1.63 bits per heavy atom. The lowest BCUT2D eigenvalue weighted by molar-refractivity contribution is -0.123. The normalized spacial score (nSPS) is 11.5. The van der Waals surface area contributed by atoms with Crippen LogP contribution in [0.3, 0.4) is 0 Å². The average Bonchev–Trinajstić information content (AvgIpc) is 2.37. The van der Waals surface area contributed by atoms with Gasteiger partial charge in [-0.05, 0) is 25.1 Å². The standard InChI is InChI=1S/C13H15BrN2O3/c1-9(17)11-7-10(14)3-4-12(11)19-8-13(18)16-6-2-5-15/h3-4,7,9,17H,2,6,8H2,1H3,(H,16,18)/t9-/m0/s1. The van der Waals surface area contributed by atoms with Gasteiger partial charge in [-0.15, -0.1) is 0 Å². The summed E-state index contributed by atoms with van der Waals surface area (Å²) in [5, 5.41) is 20.5. The zero-order valence-corrected chi connectivity index (χ0v) is 12.1. The van der Waals surface area contributed by atoms with Crippen LogP contribution in [0.4, 0.5) is 0 Å². The Bertz CT molecular complexity index is 483. The first kappa shape index (κ1) is 15.5. The maximum Gasteiger partial charge on any atom is 0.257 e. The first-order valence-corrected chi connectivity index (χ1v) is 6.58. The van der Waals surface area contributed by atoms with Crippen molar-refractivity contribution in [3.8, 4) is 11.8 Å². The van der Waals surface area contributed by atoms with E-state index in [0.717, 1.165) is 4.47 Å². The summed E-state index contributed by atoms with van der Waals surface area (Å²) in [6.07, 6.45) is -0.419. The SMILES string of the molecule is C[C@H](O)c1cc(Br)ccc1OCC(=O)NCCC#N. The number of nitrogens with one attached hydrogen (secondary N) is 1. The molecular weight excluding hydrogens is 312 g/mol. The van der Waals surface area contributed by atoms with Crippen LogP contribution >= 0.6 is 15.9 Å². The van der Waals surface area contributed by atoms with E-state index < -0.39 is 6.10 Å². The summed E-state index contributed by atoms with van der Waals surface area (Å²) in [5.41, 5.74) is 0.610. The summed E-state index contributed by atoms with van der Waals surface area (Å²) in [6.45, 7) is 1.79. The first-order chi connectivity index (χ1) is 9.04. The van der Waals surface area contributed by atoms with Gasteiger partial charge in [0.1, 0.15) is 5.75 Å². The van der Waals surface area contributed by atoms with E-state index in [1.54, 1.807) is 25.1 Å². The highest BCUT2D eigenvalue weighted by Crippen LogP contribution is 2.28. The van der Waals surface area contributed by atoms with Crippen molar-refractivity contribution in [2.75, 3.05) is 13.2 Å². The fourth-order valence-electron chi connectivity index (χ4n) is 1.43. The zero-order valence-electron chi connectivity index (χ0n) is 10.5. The monoisotopic (exact) mass is 326 g/mol. The largest absolute Gasteiger partial charge is 0.483 e. The van der Waals surface area contributed by atoms with Gasteiger partial charge < -0.3 is 15.2 Å². The van der Waals surface area contributed by atoms with Crippen molar-refractivity contribution in [3.05, 3.63) is 28.2 Å². The maximum absolute atomic E-state index is 11.4. The molecule has 1 atom stereocenters. The van der Waals surface area contributed by atoms with Crippen LogP contribution in [-0.2, 0) is 4.79 Å². The van der Waals surface area contributed by atoms with Gasteiger partial charge >= 0.3 is 0 Å². The fourth-order valence-corrected chi connectivity index (χ4v) is 1.81. The molecule has 0 saturated carbocycles. The van der Waals surface area contributed by atoms with Crippen molar-refractivity contribution in [2.24, 2.45) is 0 Å². The smallest absolute Gasteiger partial charge is 0.257 e. The van der Waals surface area contributed by atoms with Crippen molar-refractivity contribution < 1.29 is 14.6 Å². The summed E-state index contributed by atoms with van der Waals surface area (Å²) < 4.78 is 6.20. The van der Waals surface area contributed by atoms with Crippen LogP contribution in [0.15, 0.2) is 22.7 Å². The van der Waals surface area contributed by atoms with Crippen LogP contribution in [0.2, 0.25) is 0 Å². The number of ether oxygens (including phenoxy) is 1. The molecule has 1 rings (SSSR count). The number of hydrogen-bond donors (Lipinski definition) is 2. The lowest BCUT2D eigenvalue weighted by Crippen LogP contribution is -2.29. The van der Waals surface area contributed by atoms with Gasteiger partial charge in [0, 0.05) is 16.6 Å². The number of aliphatic hydroxyl groups excluding tert-OH is 1. The van der Waals surface area contributed by atoms with E-state index in [4.69, 9.17) is 10.00 Å². The molecule has 0 heterocycles. The quantitative estimate of drug-likeness (QED) is 0.782. The molecule has 1 amide bonds. The van der Waals surface area contributed by atoms with Gasteiger partial charge in [-0.2, -0.15) is 5.26 Å². The van der Waals surface area contributed by atoms with Crippen LogP contribution in [0.1, 0.15) is 25.0 Å². The topological polar surface area (TPSA) is 82.3 Å². The second-order valence-corrected chi connectivity index (χ2v) is 4.82. The first-order valence-electron chi connectivity index (χ1n) is 5.78. The number of amides is 1. The van der Waals surface area contributed by atoms with Crippen LogP contribution in [-0.4, -0.2) is 24.2 Å². The molecule has 0 aromatic heterocycles. The lowest BCUT2D eigenvalue weighted by Gasteiger charge is -2.13. The molecule has 0 unspecified atom stereocenters. The minimum Gasteiger partial charge on any atom is -0.483 e. The third kappa shape index (κ3) is 5.28. The molecule has 6 heteroatoms.